The Bertz CT molecular complexity index is 1480. The summed E-state index contributed by atoms with van der Waals surface area (Å²) in [6.45, 7) is 3.26. The number of benzene rings is 3. The number of hydrogen-bond donors (Lipinski definition) is 1. The highest BCUT2D eigenvalue weighted by Crippen LogP contribution is 2.27. The van der Waals surface area contributed by atoms with Gasteiger partial charge in [-0.1, -0.05) is 79.4 Å². The van der Waals surface area contributed by atoms with Crippen LogP contribution in [-0.4, -0.2) is 43.8 Å². The van der Waals surface area contributed by atoms with Crippen molar-refractivity contribution in [3.05, 3.63) is 94.0 Å². The predicted molar refractivity (Wildman–Crippen MR) is 164 cm³/mol. The van der Waals surface area contributed by atoms with Crippen LogP contribution in [0.15, 0.2) is 77.7 Å². The highest BCUT2D eigenvalue weighted by Gasteiger charge is 2.34. The first kappa shape index (κ1) is 30.9. The molecule has 0 spiro atoms. The molecule has 7 nitrogen and oxygen atoms in total. The molecule has 10 heteroatoms. The second-order valence-electron chi connectivity index (χ2n) is 10.3. The summed E-state index contributed by atoms with van der Waals surface area (Å²) in [5, 5.41) is 3.81. The van der Waals surface area contributed by atoms with E-state index in [-0.39, 0.29) is 23.4 Å². The van der Waals surface area contributed by atoms with Crippen molar-refractivity contribution in [3.63, 3.8) is 0 Å². The third-order valence-electron chi connectivity index (χ3n) is 7.32. The van der Waals surface area contributed by atoms with E-state index >= 15 is 0 Å². The first-order valence-corrected chi connectivity index (χ1v) is 16.0. The molecule has 1 saturated carbocycles. The van der Waals surface area contributed by atoms with Gasteiger partial charge in [0.1, 0.15) is 12.6 Å². The molecule has 0 bridgehead atoms. The molecule has 1 aliphatic carbocycles. The molecule has 3 aromatic carbocycles. The number of carbonyl (C=O) groups excluding carboxylic acids is 2. The van der Waals surface area contributed by atoms with E-state index in [1.54, 1.807) is 54.6 Å². The average Bonchev–Trinajstić information content (AvgIpc) is 3.46. The van der Waals surface area contributed by atoms with E-state index in [2.05, 4.69) is 5.32 Å². The maximum Gasteiger partial charge on any atom is 0.264 e. The zero-order chi connectivity index (χ0) is 29.6. The number of anilines is 1. The summed E-state index contributed by atoms with van der Waals surface area (Å²) in [7, 11) is -4.11. The van der Waals surface area contributed by atoms with Crippen LogP contribution in [0.5, 0.6) is 0 Å². The smallest absolute Gasteiger partial charge is 0.264 e. The molecule has 1 unspecified atom stereocenters. The van der Waals surface area contributed by atoms with E-state index in [1.807, 2.05) is 19.9 Å². The monoisotopic (exact) mass is 615 g/mol. The van der Waals surface area contributed by atoms with Gasteiger partial charge in [0.15, 0.2) is 0 Å². The van der Waals surface area contributed by atoms with Gasteiger partial charge in [-0.25, -0.2) is 8.42 Å². The van der Waals surface area contributed by atoms with Crippen LogP contribution in [0.25, 0.3) is 0 Å². The number of sulfonamides is 1. The van der Waals surface area contributed by atoms with Gasteiger partial charge in [0.2, 0.25) is 11.8 Å². The van der Waals surface area contributed by atoms with Crippen LogP contribution in [0.3, 0.4) is 0 Å². The van der Waals surface area contributed by atoms with Gasteiger partial charge in [0, 0.05) is 12.6 Å². The molecule has 1 aliphatic rings. The molecule has 41 heavy (non-hydrogen) atoms. The van der Waals surface area contributed by atoms with Crippen molar-refractivity contribution in [2.24, 2.45) is 0 Å². The van der Waals surface area contributed by atoms with Gasteiger partial charge >= 0.3 is 0 Å². The fraction of sp³-hybridized carbons (Fsp3) is 0.355. The van der Waals surface area contributed by atoms with E-state index in [9.17, 15) is 18.0 Å². The van der Waals surface area contributed by atoms with Crippen molar-refractivity contribution in [2.45, 2.75) is 69.5 Å². The van der Waals surface area contributed by atoms with E-state index in [0.29, 0.717) is 27.7 Å². The van der Waals surface area contributed by atoms with Crippen LogP contribution >= 0.6 is 23.2 Å². The molecule has 4 rings (SSSR count). The second kappa shape index (κ2) is 13.7. The van der Waals surface area contributed by atoms with Crippen LogP contribution in [0.4, 0.5) is 5.69 Å². The van der Waals surface area contributed by atoms with Crippen LogP contribution in [0.2, 0.25) is 10.0 Å². The second-order valence-corrected chi connectivity index (χ2v) is 13.0. The third-order valence-corrected chi connectivity index (χ3v) is 9.85. The summed E-state index contributed by atoms with van der Waals surface area (Å²) in [6, 6.07) is 19.3. The summed E-state index contributed by atoms with van der Waals surface area (Å²) in [5.41, 5.74) is 1.88. The lowest BCUT2D eigenvalue weighted by Gasteiger charge is -2.34. The Labute approximate surface area is 252 Å². The quantitative estimate of drug-likeness (QED) is 0.272. The Balaban J connectivity index is 1.72. The molecule has 1 N–H and O–H groups in total. The number of rotatable bonds is 11. The largest absolute Gasteiger partial charge is 0.352 e. The van der Waals surface area contributed by atoms with Gasteiger partial charge in [0.05, 0.1) is 20.6 Å². The minimum absolute atomic E-state index is 0.0549. The normalized spacial score (nSPS) is 14.4. The summed E-state index contributed by atoms with van der Waals surface area (Å²) in [5.74, 6) is -0.758. The zero-order valence-corrected chi connectivity index (χ0v) is 25.6. The SMILES string of the molecule is CCC(C(=O)NC1CCCC1)N(Cc1ccc(Cl)c(Cl)c1)C(=O)CN(c1cccc(C)c1)S(=O)(=O)c1ccccc1. The fourth-order valence-corrected chi connectivity index (χ4v) is 6.90. The lowest BCUT2D eigenvalue weighted by molar-refractivity contribution is -0.140. The number of nitrogens with one attached hydrogen (secondary N) is 1. The standard InChI is InChI=1S/C31H35Cl2N3O4S/c1-3-29(31(38)34-24-11-7-8-12-24)35(20-23-16-17-27(32)28(33)19-23)30(37)21-36(25-13-9-10-22(2)18-25)41(39,40)26-14-5-4-6-15-26/h4-6,9-10,13-19,24,29H,3,7-8,11-12,20-21H2,1-2H3,(H,34,38). The number of carbonyl (C=O) groups is 2. The number of amides is 2. The first-order chi connectivity index (χ1) is 19.6. The molecular weight excluding hydrogens is 581 g/mol. The molecule has 1 atom stereocenters. The van der Waals surface area contributed by atoms with Crippen molar-refractivity contribution in [3.8, 4) is 0 Å². The molecule has 2 amide bonds. The zero-order valence-electron chi connectivity index (χ0n) is 23.2. The maximum atomic E-state index is 14.2. The van der Waals surface area contributed by atoms with E-state index in [4.69, 9.17) is 23.2 Å². The summed E-state index contributed by atoms with van der Waals surface area (Å²) in [6.07, 6.45) is 4.26. The molecular formula is C31H35Cl2N3O4S. The van der Waals surface area contributed by atoms with Crippen molar-refractivity contribution in [2.75, 3.05) is 10.8 Å². The molecule has 3 aromatic rings. The Hall–Kier alpha value is -3.07. The van der Waals surface area contributed by atoms with Crippen LogP contribution < -0.4 is 9.62 Å². The van der Waals surface area contributed by atoms with Gasteiger partial charge in [-0.05, 0) is 73.7 Å². The van der Waals surface area contributed by atoms with E-state index in [0.717, 1.165) is 35.6 Å². The van der Waals surface area contributed by atoms with Crippen LogP contribution in [-0.2, 0) is 26.2 Å². The van der Waals surface area contributed by atoms with Crippen molar-refractivity contribution in [1.82, 2.24) is 10.2 Å². The van der Waals surface area contributed by atoms with Gasteiger partial charge in [0.25, 0.3) is 10.0 Å². The summed E-state index contributed by atoms with van der Waals surface area (Å²) >= 11 is 12.4. The summed E-state index contributed by atoms with van der Waals surface area (Å²) < 4.78 is 28.9. The maximum absolute atomic E-state index is 14.2. The minimum atomic E-state index is -4.11. The van der Waals surface area contributed by atoms with Crippen molar-refractivity contribution < 1.29 is 18.0 Å². The molecule has 0 aromatic heterocycles. The third kappa shape index (κ3) is 7.61. The van der Waals surface area contributed by atoms with Crippen LogP contribution in [0, 0.1) is 6.92 Å². The van der Waals surface area contributed by atoms with Crippen molar-refractivity contribution in [1.29, 1.82) is 0 Å². The summed E-state index contributed by atoms with van der Waals surface area (Å²) in [4.78, 5) is 29.2. The van der Waals surface area contributed by atoms with Crippen molar-refractivity contribution >= 4 is 50.7 Å². The number of aryl methyl sites for hydroxylation is 1. The highest BCUT2D eigenvalue weighted by molar-refractivity contribution is 7.92. The molecule has 0 radical (unpaired) electrons. The average molecular weight is 617 g/mol. The molecule has 218 valence electrons. The van der Waals surface area contributed by atoms with Gasteiger partial charge in [-0.3, -0.25) is 13.9 Å². The predicted octanol–water partition coefficient (Wildman–Crippen LogP) is 6.36. The molecule has 0 heterocycles. The van der Waals surface area contributed by atoms with E-state index < -0.39 is 28.5 Å². The lowest BCUT2D eigenvalue weighted by Crippen LogP contribution is -2.53. The van der Waals surface area contributed by atoms with Gasteiger partial charge in [-0.2, -0.15) is 0 Å². The number of hydrogen-bond acceptors (Lipinski definition) is 4. The fourth-order valence-electron chi connectivity index (χ4n) is 5.15. The Morgan fingerprint density at radius 1 is 0.951 bits per heavy atom. The Morgan fingerprint density at radius 2 is 1.66 bits per heavy atom. The van der Waals surface area contributed by atoms with E-state index in [1.165, 1.54) is 17.0 Å². The van der Waals surface area contributed by atoms with Gasteiger partial charge < -0.3 is 10.2 Å². The first-order valence-electron chi connectivity index (χ1n) is 13.8. The topological polar surface area (TPSA) is 86.8 Å². The minimum Gasteiger partial charge on any atom is -0.352 e. The molecule has 0 saturated heterocycles. The Morgan fingerprint density at radius 3 is 2.29 bits per heavy atom. The lowest BCUT2D eigenvalue weighted by atomic mass is 10.1. The van der Waals surface area contributed by atoms with Gasteiger partial charge in [-0.15, -0.1) is 0 Å². The molecule has 1 fully saturated rings. The number of halogens is 2. The Kier molecular flexibility index (Phi) is 10.3. The van der Waals surface area contributed by atoms with Crippen LogP contribution in [0.1, 0.15) is 50.2 Å². The highest BCUT2D eigenvalue weighted by atomic mass is 35.5. The number of nitrogens with zero attached hydrogens (tertiary/aromatic N) is 2. The molecule has 0 aliphatic heterocycles.